The molecule has 0 aromatic carbocycles. The quantitative estimate of drug-likeness (QED) is 0.536. The average molecular weight is 212 g/mol. The van der Waals surface area contributed by atoms with Crippen LogP contribution < -0.4 is 0 Å². The molecule has 2 unspecified atom stereocenters. The predicted octanol–water partition coefficient (Wildman–Crippen LogP) is 1.58. The van der Waals surface area contributed by atoms with E-state index in [1.165, 1.54) is 0 Å². The fraction of sp³-hybridized carbons (Fsp3) is 0.857. The van der Waals surface area contributed by atoms with Crippen molar-refractivity contribution in [1.29, 1.82) is 0 Å². The van der Waals surface area contributed by atoms with Crippen molar-refractivity contribution >= 4 is 14.3 Å². The van der Waals surface area contributed by atoms with Crippen LogP contribution >= 0.6 is 8.38 Å². The maximum absolute atomic E-state index is 12.9. The van der Waals surface area contributed by atoms with Gasteiger partial charge in [0, 0.05) is 0 Å². The third kappa shape index (κ3) is 5.13. The van der Waals surface area contributed by atoms with E-state index >= 15 is 0 Å². The van der Waals surface area contributed by atoms with Crippen molar-refractivity contribution in [2.75, 3.05) is 13.2 Å². The first-order chi connectivity index (χ1) is 6.13. The Morgan fingerprint density at radius 1 is 1.62 bits per heavy atom. The molecule has 2 atom stereocenters. The zero-order chi connectivity index (χ0) is 10.3. The van der Waals surface area contributed by atoms with Crippen molar-refractivity contribution in [2.45, 2.75) is 26.2 Å². The van der Waals surface area contributed by atoms with Crippen LogP contribution in [0.5, 0.6) is 0 Å². The Balaban J connectivity index is 3.79. The topological polar surface area (TPSA) is 55.8 Å². The first-order valence-electron chi connectivity index (χ1n) is 4.05. The second-order valence-electron chi connectivity index (χ2n) is 2.22. The number of carbonyl (C=O) groups excluding carboxylic acids is 1. The van der Waals surface area contributed by atoms with E-state index in [0.29, 0.717) is 6.42 Å². The SMILES string of the molecule is CCCOC(=O)C(F)P(O)OCC. The Morgan fingerprint density at radius 2 is 2.23 bits per heavy atom. The minimum absolute atomic E-state index is 0.161. The fourth-order valence-corrected chi connectivity index (χ4v) is 1.21. The number of alkyl halides is 1. The van der Waals surface area contributed by atoms with E-state index in [0.717, 1.165) is 0 Å². The molecule has 4 nitrogen and oxygen atoms in total. The van der Waals surface area contributed by atoms with Crippen LogP contribution in [0.4, 0.5) is 4.39 Å². The first kappa shape index (κ1) is 12.8. The first-order valence-corrected chi connectivity index (χ1v) is 5.33. The number of halogens is 1. The van der Waals surface area contributed by atoms with Gasteiger partial charge in [-0.25, -0.2) is 9.18 Å². The van der Waals surface area contributed by atoms with E-state index in [9.17, 15) is 9.18 Å². The summed E-state index contributed by atoms with van der Waals surface area (Å²) in [6.07, 6.45) is 0.621. The summed E-state index contributed by atoms with van der Waals surface area (Å²) in [6.45, 7) is 3.73. The Morgan fingerprint density at radius 3 is 2.69 bits per heavy atom. The van der Waals surface area contributed by atoms with Crippen LogP contribution in [0.2, 0.25) is 0 Å². The molecular weight excluding hydrogens is 198 g/mol. The van der Waals surface area contributed by atoms with Gasteiger partial charge in [-0.3, -0.25) is 0 Å². The van der Waals surface area contributed by atoms with Gasteiger partial charge in [0.2, 0.25) is 8.38 Å². The van der Waals surface area contributed by atoms with E-state index in [1.807, 2.05) is 0 Å². The monoisotopic (exact) mass is 212 g/mol. The van der Waals surface area contributed by atoms with Crippen molar-refractivity contribution in [2.24, 2.45) is 0 Å². The van der Waals surface area contributed by atoms with Gasteiger partial charge in [0.1, 0.15) is 0 Å². The van der Waals surface area contributed by atoms with Crippen LogP contribution in [0.15, 0.2) is 0 Å². The van der Waals surface area contributed by atoms with Crippen LogP contribution in [0.1, 0.15) is 20.3 Å². The maximum Gasteiger partial charge on any atom is 0.350 e. The lowest BCUT2D eigenvalue weighted by atomic mass is 10.5. The minimum atomic E-state index is -2.34. The molecule has 0 spiro atoms. The molecule has 0 amide bonds. The number of ether oxygens (including phenoxy) is 1. The predicted molar refractivity (Wildman–Crippen MR) is 46.9 cm³/mol. The number of hydrogen-bond acceptors (Lipinski definition) is 4. The Kier molecular flexibility index (Phi) is 7.04. The zero-order valence-corrected chi connectivity index (χ0v) is 8.59. The molecule has 0 aliphatic rings. The highest BCUT2D eigenvalue weighted by Gasteiger charge is 2.29. The van der Waals surface area contributed by atoms with Crippen molar-refractivity contribution in [3.8, 4) is 0 Å². The molecule has 0 heterocycles. The summed E-state index contributed by atoms with van der Waals surface area (Å²) >= 11 is 0. The normalized spacial score (nSPS) is 15.1. The highest BCUT2D eigenvalue weighted by molar-refractivity contribution is 7.47. The van der Waals surface area contributed by atoms with Crippen molar-refractivity contribution in [3.63, 3.8) is 0 Å². The standard InChI is InChI=1S/C7H14FO4P/c1-3-5-11-7(9)6(8)13(10)12-4-2/h6,10H,3-5H2,1-2H3. The molecule has 0 aliphatic heterocycles. The van der Waals surface area contributed by atoms with Gasteiger partial charge in [0.15, 0.2) is 0 Å². The second kappa shape index (κ2) is 7.18. The molecule has 0 fully saturated rings. The van der Waals surface area contributed by atoms with Gasteiger partial charge in [0.05, 0.1) is 13.2 Å². The Bertz CT molecular complexity index is 155. The molecule has 0 aliphatic carbocycles. The van der Waals surface area contributed by atoms with Crippen LogP contribution in [0.3, 0.4) is 0 Å². The summed E-state index contributed by atoms with van der Waals surface area (Å²) in [4.78, 5) is 19.8. The van der Waals surface area contributed by atoms with Gasteiger partial charge >= 0.3 is 5.97 Å². The highest BCUT2D eigenvalue weighted by Crippen LogP contribution is 2.38. The van der Waals surface area contributed by atoms with E-state index in [2.05, 4.69) is 9.26 Å². The van der Waals surface area contributed by atoms with Gasteiger partial charge in [-0.15, -0.1) is 0 Å². The van der Waals surface area contributed by atoms with Crippen molar-refractivity contribution in [1.82, 2.24) is 0 Å². The van der Waals surface area contributed by atoms with Crippen LogP contribution in [0.25, 0.3) is 0 Å². The molecule has 13 heavy (non-hydrogen) atoms. The van der Waals surface area contributed by atoms with Gasteiger partial charge in [-0.05, 0) is 13.3 Å². The third-order valence-electron chi connectivity index (χ3n) is 1.10. The molecule has 6 heteroatoms. The van der Waals surface area contributed by atoms with E-state index < -0.39 is 20.3 Å². The third-order valence-corrected chi connectivity index (χ3v) is 2.22. The minimum Gasteiger partial charge on any atom is -0.463 e. The molecule has 0 radical (unpaired) electrons. The summed E-state index contributed by atoms with van der Waals surface area (Å²) in [5.74, 6) is -3.11. The summed E-state index contributed by atoms with van der Waals surface area (Å²) in [5, 5.41) is 0. The average Bonchev–Trinajstić information content (AvgIpc) is 2.13. The molecular formula is C7H14FO4P. The Hall–Kier alpha value is -0.250. The molecule has 0 bridgehead atoms. The molecule has 0 saturated heterocycles. The molecule has 1 N–H and O–H groups in total. The number of carbonyl (C=O) groups is 1. The second-order valence-corrected chi connectivity index (χ2v) is 3.54. The highest BCUT2D eigenvalue weighted by atomic mass is 31.2. The molecule has 0 aromatic rings. The van der Waals surface area contributed by atoms with Crippen LogP contribution in [-0.4, -0.2) is 30.0 Å². The largest absolute Gasteiger partial charge is 0.463 e. The summed E-state index contributed by atoms with van der Waals surface area (Å²) in [6, 6.07) is 0. The van der Waals surface area contributed by atoms with Crippen molar-refractivity contribution in [3.05, 3.63) is 0 Å². The molecule has 78 valence electrons. The van der Waals surface area contributed by atoms with E-state index in [-0.39, 0.29) is 13.2 Å². The lowest BCUT2D eigenvalue weighted by Crippen LogP contribution is -2.18. The van der Waals surface area contributed by atoms with Gasteiger partial charge < -0.3 is 14.2 Å². The number of esters is 1. The van der Waals surface area contributed by atoms with Gasteiger partial charge in [-0.1, -0.05) is 6.92 Å². The van der Waals surface area contributed by atoms with Crippen LogP contribution in [-0.2, 0) is 14.1 Å². The summed E-state index contributed by atoms with van der Waals surface area (Å²) < 4.78 is 21.9. The van der Waals surface area contributed by atoms with Gasteiger partial charge in [-0.2, -0.15) is 0 Å². The fourth-order valence-electron chi connectivity index (χ4n) is 0.559. The van der Waals surface area contributed by atoms with E-state index in [1.54, 1.807) is 13.8 Å². The van der Waals surface area contributed by atoms with Crippen molar-refractivity contribution < 1.29 is 23.3 Å². The molecule has 0 saturated carbocycles. The lowest BCUT2D eigenvalue weighted by molar-refractivity contribution is -0.146. The van der Waals surface area contributed by atoms with E-state index in [4.69, 9.17) is 4.89 Å². The number of hydrogen-bond donors (Lipinski definition) is 1. The van der Waals surface area contributed by atoms with Gasteiger partial charge in [0.25, 0.3) is 5.91 Å². The summed E-state index contributed by atoms with van der Waals surface area (Å²) in [7, 11) is -2.34. The molecule has 0 rings (SSSR count). The summed E-state index contributed by atoms with van der Waals surface area (Å²) in [5.41, 5.74) is 0. The molecule has 0 aromatic heterocycles. The Labute approximate surface area is 78.0 Å². The maximum atomic E-state index is 12.9. The smallest absolute Gasteiger partial charge is 0.350 e. The lowest BCUT2D eigenvalue weighted by Gasteiger charge is -2.12. The zero-order valence-electron chi connectivity index (χ0n) is 7.70. The van der Waals surface area contributed by atoms with Crippen LogP contribution in [0, 0.1) is 0 Å². The number of rotatable bonds is 6.